The molecule has 0 unspecified atom stereocenters. The predicted molar refractivity (Wildman–Crippen MR) is 43.1 cm³/mol. The number of hydrogen-bond donors (Lipinski definition) is 0. The van der Waals surface area contributed by atoms with Gasteiger partial charge in [-0.15, -0.1) is 0 Å². The van der Waals surface area contributed by atoms with Crippen LogP contribution in [0, 0.1) is 11.3 Å². The maximum atomic E-state index is 12.0. The van der Waals surface area contributed by atoms with Gasteiger partial charge in [-0.05, 0) is 13.8 Å². The van der Waals surface area contributed by atoms with E-state index in [9.17, 15) is 18.0 Å². The first-order valence-electron chi connectivity index (χ1n) is 4.01. The van der Waals surface area contributed by atoms with Crippen molar-refractivity contribution in [2.75, 3.05) is 6.54 Å². The van der Waals surface area contributed by atoms with Crippen molar-refractivity contribution in [3.05, 3.63) is 0 Å². The number of carbonyl (C=O) groups is 1. The smallest absolute Gasteiger partial charge is 0.330 e. The summed E-state index contributed by atoms with van der Waals surface area (Å²) < 4.78 is 36.0. The minimum absolute atomic E-state index is 0.520. The van der Waals surface area contributed by atoms with E-state index in [1.807, 2.05) is 0 Å². The van der Waals surface area contributed by atoms with Gasteiger partial charge in [0.1, 0.15) is 13.0 Å². The number of halogens is 3. The normalized spacial score (nSPS) is 11.2. The third-order valence-corrected chi connectivity index (χ3v) is 1.52. The molecule has 3 nitrogen and oxygen atoms in total. The third-order valence-electron chi connectivity index (χ3n) is 1.52. The van der Waals surface area contributed by atoms with Crippen LogP contribution in [-0.2, 0) is 4.79 Å². The molecule has 6 heteroatoms. The Kier molecular flexibility index (Phi) is 4.41. The predicted octanol–water partition coefficient (Wildman–Crippen LogP) is 1.70. The number of amides is 1. The molecule has 14 heavy (non-hydrogen) atoms. The summed E-state index contributed by atoms with van der Waals surface area (Å²) in [4.78, 5) is 11.7. The van der Waals surface area contributed by atoms with Crippen LogP contribution >= 0.6 is 0 Å². The fourth-order valence-electron chi connectivity index (χ4n) is 0.921. The Morgan fingerprint density at radius 1 is 1.50 bits per heavy atom. The molecule has 0 aliphatic carbocycles. The van der Waals surface area contributed by atoms with Crippen molar-refractivity contribution in [2.45, 2.75) is 32.5 Å². The average molecular weight is 208 g/mol. The zero-order chi connectivity index (χ0) is 11.4. The standard InChI is InChI=1S/C8H11F3N2O/c1-6(2)13(5-8(9,10)11)7(14)3-4-12/h6H,3,5H2,1-2H3. The minimum atomic E-state index is -4.42. The van der Waals surface area contributed by atoms with Gasteiger partial charge in [0, 0.05) is 6.04 Å². The quantitative estimate of drug-likeness (QED) is 0.708. The molecule has 0 aromatic carbocycles. The molecule has 80 valence electrons. The van der Waals surface area contributed by atoms with Gasteiger partial charge in [-0.1, -0.05) is 0 Å². The van der Waals surface area contributed by atoms with Crippen LogP contribution in [0.1, 0.15) is 20.3 Å². The van der Waals surface area contributed by atoms with Crippen molar-refractivity contribution in [3.8, 4) is 6.07 Å². The van der Waals surface area contributed by atoms with Gasteiger partial charge in [-0.3, -0.25) is 4.79 Å². The molecule has 0 N–H and O–H groups in total. The average Bonchev–Trinajstić information content (AvgIpc) is 1.98. The Morgan fingerprint density at radius 3 is 2.29 bits per heavy atom. The highest BCUT2D eigenvalue weighted by molar-refractivity contribution is 5.78. The van der Waals surface area contributed by atoms with Gasteiger partial charge < -0.3 is 4.90 Å². The zero-order valence-corrected chi connectivity index (χ0v) is 7.93. The van der Waals surface area contributed by atoms with E-state index in [-0.39, 0.29) is 0 Å². The lowest BCUT2D eigenvalue weighted by atomic mass is 10.2. The number of nitriles is 1. The van der Waals surface area contributed by atoms with Crippen LogP contribution < -0.4 is 0 Å². The van der Waals surface area contributed by atoms with Crippen LogP contribution in [0.15, 0.2) is 0 Å². The molecule has 0 atom stereocenters. The van der Waals surface area contributed by atoms with Crippen LogP contribution in [0.4, 0.5) is 13.2 Å². The summed E-state index contributed by atoms with van der Waals surface area (Å²) in [6.07, 6.45) is -4.94. The van der Waals surface area contributed by atoms with E-state index in [1.54, 1.807) is 0 Å². The van der Waals surface area contributed by atoms with Crippen LogP contribution in [-0.4, -0.2) is 29.6 Å². The molecule has 0 saturated heterocycles. The number of rotatable bonds is 3. The summed E-state index contributed by atoms with van der Waals surface area (Å²) in [5.41, 5.74) is 0. The summed E-state index contributed by atoms with van der Waals surface area (Å²) in [5, 5.41) is 8.19. The molecule has 0 fully saturated rings. The largest absolute Gasteiger partial charge is 0.406 e. The van der Waals surface area contributed by atoms with E-state index in [2.05, 4.69) is 0 Å². The van der Waals surface area contributed by atoms with E-state index < -0.39 is 31.1 Å². The van der Waals surface area contributed by atoms with Gasteiger partial charge in [0.15, 0.2) is 0 Å². The second-order valence-electron chi connectivity index (χ2n) is 3.07. The molecule has 0 bridgehead atoms. The molecule has 0 aliphatic heterocycles. The van der Waals surface area contributed by atoms with Gasteiger partial charge in [0.2, 0.25) is 5.91 Å². The maximum absolute atomic E-state index is 12.0. The lowest BCUT2D eigenvalue weighted by Gasteiger charge is -2.26. The number of hydrogen-bond acceptors (Lipinski definition) is 2. The van der Waals surface area contributed by atoms with Crippen LogP contribution in [0.2, 0.25) is 0 Å². The fraction of sp³-hybridized carbons (Fsp3) is 0.750. The summed E-state index contributed by atoms with van der Waals surface area (Å²) in [6.45, 7) is 1.65. The molecule has 1 amide bonds. The van der Waals surface area contributed by atoms with Crippen molar-refractivity contribution in [1.29, 1.82) is 5.26 Å². The first-order valence-corrected chi connectivity index (χ1v) is 4.01. The monoisotopic (exact) mass is 208 g/mol. The van der Waals surface area contributed by atoms with E-state index in [4.69, 9.17) is 5.26 Å². The highest BCUT2D eigenvalue weighted by Gasteiger charge is 2.33. The van der Waals surface area contributed by atoms with Gasteiger partial charge in [-0.25, -0.2) is 0 Å². The topological polar surface area (TPSA) is 44.1 Å². The summed E-state index contributed by atoms with van der Waals surface area (Å²) in [6, 6.07) is 0.972. The van der Waals surface area contributed by atoms with Crippen molar-refractivity contribution >= 4 is 5.91 Å². The first-order chi connectivity index (χ1) is 6.28. The highest BCUT2D eigenvalue weighted by Crippen LogP contribution is 2.18. The third kappa shape index (κ3) is 4.70. The molecule has 0 radical (unpaired) electrons. The highest BCUT2D eigenvalue weighted by atomic mass is 19.4. The summed E-state index contributed by atoms with van der Waals surface area (Å²) >= 11 is 0. The van der Waals surface area contributed by atoms with Crippen molar-refractivity contribution < 1.29 is 18.0 Å². The second-order valence-corrected chi connectivity index (χ2v) is 3.07. The Bertz CT molecular complexity index is 242. The molecule has 0 aliphatic rings. The van der Waals surface area contributed by atoms with Crippen LogP contribution in [0.3, 0.4) is 0 Å². The zero-order valence-electron chi connectivity index (χ0n) is 7.93. The Hall–Kier alpha value is -1.25. The molecular weight excluding hydrogens is 197 g/mol. The fourth-order valence-corrected chi connectivity index (χ4v) is 0.921. The van der Waals surface area contributed by atoms with E-state index in [0.717, 1.165) is 0 Å². The van der Waals surface area contributed by atoms with Crippen molar-refractivity contribution in [3.63, 3.8) is 0 Å². The molecule has 0 rings (SSSR count). The SMILES string of the molecule is CC(C)N(CC(F)(F)F)C(=O)CC#N. The first kappa shape index (κ1) is 12.8. The van der Waals surface area contributed by atoms with E-state index in [1.165, 1.54) is 19.9 Å². The Morgan fingerprint density at radius 2 is 2.00 bits per heavy atom. The molecule has 0 saturated carbocycles. The van der Waals surface area contributed by atoms with Gasteiger partial charge >= 0.3 is 6.18 Å². The van der Waals surface area contributed by atoms with Gasteiger partial charge in [-0.2, -0.15) is 18.4 Å². The van der Waals surface area contributed by atoms with E-state index in [0.29, 0.717) is 4.90 Å². The second kappa shape index (κ2) is 4.84. The Balaban J connectivity index is 4.47. The minimum Gasteiger partial charge on any atom is -0.330 e. The summed E-state index contributed by atoms with van der Waals surface area (Å²) in [7, 11) is 0. The van der Waals surface area contributed by atoms with Crippen LogP contribution in [0.5, 0.6) is 0 Å². The molecule has 0 heterocycles. The van der Waals surface area contributed by atoms with Crippen molar-refractivity contribution in [1.82, 2.24) is 4.90 Å². The van der Waals surface area contributed by atoms with E-state index >= 15 is 0 Å². The van der Waals surface area contributed by atoms with Gasteiger partial charge in [0.25, 0.3) is 0 Å². The Labute approximate surface area is 80.1 Å². The maximum Gasteiger partial charge on any atom is 0.406 e. The lowest BCUT2D eigenvalue weighted by molar-refractivity contribution is -0.163. The number of carbonyl (C=O) groups excluding carboxylic acids is 1. The lowest BCUT2D eigenvalue weighted by Crippen LogP contribution is -2.43. The van der Waals surface area contributed by atoms with Crippen molar-refractivity contribution in [2.24, 2.45) is 0 Å². The molecule has 0 spiro atoms. The molecular formula is C8H11F3N2O. The molecule has 0 aromatic rings. The van der Waals surface area contributed by atoms with Crippen LogP contribution in [0.25, 0.3) is 0 Å². The van der Waals surface area contributed by atoms with Gasteiger partial charge in [0.05, 0.1) is 6.07 Å². The summed E-state index contributed by atoms with van der Waals surface area (Å²) in [5.74, 6) is -0.792. The molecule has 0 aromatic heterocycles. The number of nitrogens with zero attached hydrogens (tertiary/aromatic N) is 2. The number of alkyl halides is 3.